The molecule has 0 bridgehead atoms. The van der Waals surface area contributed by atoms with Gasteiger partial charge in [0.15, 0.2) is 0 Å². The van der Waals surface area contributed by atoms with Crippen LogP contribution in [0.2, 0.25) is 10.0 Å². The minimum absolute atomic E-state index is 0.201. The largest absolute Gasteiger partial charge is 0.491 e. The third-order valence-electron chi connectivity index (χ3n) is 3.72. The Morgan fingerprint density at radius 1 is 1.15 bits per heavy atom. The van der Waals surface area contributed by atoms with Gasteiger partial charge in [-0.05, 0) is 37.3 Å². The van der Waals surface area contributed by atoms with E-state index in [-0.39, 0.29) is 6.61 Å². The van der Waals surface area contributed by atoms with Gasteiger partial charge in [0.2, 0.25) is 0 Å². The van der Waals surface area contributed by atoms with Crippen molar-refractivity contribution in [3.63, 3.8) is 0 Å². The molecule has 27 heavy (non-hydrogen) atoms. The Morgan fingerprint density at radius 2 is 1.93 bits per heavy atom. The summed E-state index contributed by atoms with van der Waals surface area (Å²) in [6.07, 6.45) is 2.54. The van der Waals surface area contributed by atoms with Gasteiger partial charge in [0.05, 0.1) is 6.61 Å². The number of hydrogen-bond acceptors (Lipinski definition) is 4. The SMILES string of the molecule is COCCOc1ccc(C=CC(=O)O)c(OCc2ccc(Cl)cc2Cl)c1C. The fourth-order valence-corrected chi connectivity index (χ4v) is 2.82. The molecule has 2 aromatic rings. The average Bonchev–Trinajstić information content (AvgIpc) is 2.62. The van der Waals surface area contributed by atoms with Gasteiger partial charge < -0.3 is 19.3 Å². The van der Waals surface area contributed by atoms with E-state index in [0.717, 1.165) is 17.2 Å². The molecule has 0 radical (unpaired) electrons. The lowest BCUT2D eigenvalue weighted by atomic mass is 10.1. The van der Waals surface area contributed by atoms with Crippen LogP contribution >= 0.6 is 23.2 Å². The maximum absolute atomic E-state index is 10.9. The number of carbonyl (C=O) groups is 1. The first-order valence-corrected chi connectivity index (χ1v) is 8.91. The molecule has 0 aliphatic carbocycles. The zero-order valence-corrected chi connectivity index (χ0v) is 16.5. The summed E-state index contributed by atoms with van der Waals surface area (Å²) in [6.45, 7) is 2.89. The summed E-state index contributed by atoms with van der Waals surface area (Å²) in [6, 6.07) is 8.67. The van der Waals surface area contributed by atoms with Gasteiger partial charge in [-0.15, -0.1) is 0 Å². The molecule has 0 spiro atoms. The molecule has 0 amide bonds. The summed E-state index contributed by atoms with van der Waals surface area (Å²) < 4.78 is 16.7. The lowest BCUT2D eigenvalue weighted by molar-refractivity contribution is -0.131. The van der Waals surface area contributed by atoms with Crippen LogP contribution < -0.4 is 9.47 Å². The molecule has 7 heteroatoms. The third kappa shape index (κ3) is 6.17. The van der Waals surface area contributed by atoms with Gasteiger partial charge in [-0.1, -0.05) is 29.3 Å². The summed E-state index contributed by atoms with van der Waals surface area (Å²) >= 11 is 12.1. The standard InChI is InChI=1S/C20H20Cl2O5/c1-13-18(26-10-9-25-2)7-4-14(5-8-19(23)24)20(13)27-12-15-3-6-16(21)11-17(15)22/h3-8,11H,9-10,12H2,1-2H3,(H,23,24). The molecule has 0 saturated heterocycles. The molecule has 1 N–H and O–H groups in total. The van der Waals surface area contributed by atoms with Crippen molar-refractivity contribution in [1.82, 2.24) is 0 Å². The van der Waals surface area contributed by atoms with Crippen molar-refractivity contribution in [2.45, 2.75) is 13.5 Å². The van der Waals surface area contributed by atoms with Crippen LogP contribution in [0.4, 0.5) is 0 Å². The monoisotopic (exact) mass is 410 g/mol. The number of ether oxygens (including phenoxy) is 3. The van der Waals surface area contributed by atoms with Crippen molar-refractivity contribution in [2.75, 3.05) is 20.3 Å². The van der Waals surface area contributed by atoms with E-state index in [2.05, 4.69) is 0 Å². The van der Waals surface area contributed by atoms with E-state index in [1.54, 1.807) is 37.4 Å². The minimum Gasteiger partial charge on any atom is -0.491 e. The molecule has 0 atom stereocenters. The molecular formula is C20H20Cl2O5. The van der Waals surface area contributed by atoms with Gasteiger partial charge in [0, 0.05) is 39.9 Å². The quantitative estimate of drug-likeness (QED) is 0.465. The summed E-state index contributed by atoms with van der Waals surface area (Å²) in [4.78, 5) is 10.9. The first-order valence-electron chi connectivity index (χ1n) is 8.15. The Labute approximate surface area is 168 Å². The Bertz CT molecular complexity index is 833. The lowest BCUT2D eigenvalue weighted by Crippen LogP contribution is -2.07. The normalized spacial score (nSPS) is 11.0. The first kappa shape index (κ1) is 21.1. The highest BCUT2D eigenvalue weighted by molar-refractivity contribution is 6.35. The Hall–Kier alpha value is -2.21. The van der Waals surface area contributed by atoms with Gasteiger partial charge in [-0.2, -0.15) is 0 Å². The Morgan fingerprint density at radius 3 is 2.59 bits per heavy atom. The van der Waals surface area contributed by atoms with Crippen LogP contribution in [0.3, 0.4) is 0 Å². The molecular weight excluding hydrogens is 391 g/mol. The van der Waals surface area contributed by atoms with Gasteiger partial charge >= 0.3 is 5.97 Å². The van der Waals surface area contributed by atoms with E-state index in [1.807, 2.05) is 6.92 Å². The average molecular weight is 411 g/mol. The van der Waals surface area contributed by atoms with Crippen molar-refractivity contribution in [2.24, 2.45) is 0 Å². The molecule has 5 nitrogen and oxygen atoms in total. The summed E-state index contributed by atoms with van der Waals surface area (Å²) in [5.74, 6) is 0.116. The van der Waals surface area contributed by atoms with Crippen LogP contribution in [0.15, 0.2) is 36.4 Å². The summed E-state index contributed by atoms with van der Waals surface area (Å²) in [7, 11) is 1.60. The molecule has 0 heterocycles. The fraction of sp³-hybridized carbons (Fsp3) is 0.250. The van der Waals surface area contributed by atoms with E-state index < -0.39 is 5.97 Å². The molecule has 0 fully saturated rings. The van der Waals surface area contributed by atoms with Crippen LogP contribution in [0.1, 0.15) is 16.7 Å². The highest BCUT2D eigenvalue weighted by atomic mass is 35.5. The van der Waals surface area contributed by atoms with Gasteiger partial charge in [0.1, 0.15) is 24.7 Å². The Balaban J connectivity index is 2.30. The fourth-order valence-electron chi connectivity index (χ4n) is 2.36. The van der Waals surface area contributed by atoms with Gasteiger partial charge in [-0.25, -0.2) is 4.79 Å². The zero-order valence-electron chi connectivity index (χ0n) is 15.0. The topological polar surface area (TPSA) is 65.0 Å². The maximum Gasteiger partial charge on any atom is 0.328 e. The second-order valence-electron chi connectivity index (χ2n) is 5.64. The number of carboxylic acids is 1. The van der Waals surface area contributed by atoms with Crippen LogP contribution in [0.5, 0.6) is 11.5 Å². The third-order valence-corrected chi connectivity index (χ3v) is 4.31. The molecule has 0 aliphatic heterocycles. The second-order valence-corrected chi connectivity index (χ2v) is 6.49. The van der Waals surface area contributed by atoms with Crippen molar-refractivity contribution >= 4 is 35.2 Å². The summed E-state index contributed by atoms with van der Waals surface area (Å²) in [5, 5.41) is 9.94. The number of rotatable bonds is 9. The van der Waals surface area contributed by atoms with E-state index >= 15 is 0 Å². The number of halogens is 2. The number of aliphatic carboxylic acids is 1. The summed E-state index contributed by atoms with van der Waals surface area (Å²) in [5.41, 5.74) is 2.14. The van der Waals surface area contributed by atoms with E-state index in [4.69, 9.17) is 42.5 Å². The molecule has 2 rings (SSSR count). The molecule has 0 aliphatic rings. The smallest absolute Gasteiger partial charge is 0.328 e. The number of carboxylic acid groups (broad SMARTS) is 1. The van der Waals surface area contributed by atoms with Crippen LogP contribution in [0, 0.1) is 6.92 Å². The van der Waals surface area contributed by atoms with Crippen molar-refractivity contribution in [3.05, 3.63) is 63.1 Å². The minimum atomic E-state index is -1.04. The second kappa shape index (κ2) is 10.2. The maximum atomic E-state index is 10.9. The first-order chi connectivity index (χ1) is 12.9. The van der Waals surface area contributed by atoms with Gasteiger partial charge in [0.25, 0.3) is 0 Å². The predicted molar refractivity (Wildman–Crippen MR) is 106 cm³/mol. The highest BCUT2D eigenvalue weighted by Crippen LogP contribution is 2.34. The Kier molecular flexibility index (Phi) is 7.98. The number of hydrogen-bond donors (Lipinski definition) is 1. The van der Waals surface area contributed by atoms with Crippen LogP contribution in [0.25, 0.3) is 6.08 Å². The van der Waals surface area contributed by atoms with Crippen LogP contribution in [-0.4, -0.2) is 31.4 Å². The molecule has 0 unspecified atom stereocenters. The zero-order chi connectivity index (χ0) is 19.8. The number of benzene rings is 2. The van der Waals surface area contributed by atoms with Crippen molar-refractivity contribution in [1.29, 1.82) is 0 Å². The van der Waals surface area contributed by atoms with Crippen molar-refractivity contribution < 1.29 is 24.1 Å². The molecule has 144 valence electrons. The van der Waals surface area contributed by atoms with Gasteiger partial charge in [-0.3, -0.25) is 0 Å². The van der Waals surface area contributed by atoms with E-state index in [9.17, 15) is 4.79 Å². The molecule has 2 aromatic carbocycles. The number of methoxy groups -OCH3 is 1. The molecule has 0 aromatic heterocycles. The molecule has 0 saturated carbocycles. The van der Waals surface area contributed by atoms with Crippen molar-refractivity contribution in [3.8, 4) is 11.5 Å². The van der Waals surface area contributed by atoms with E-state index in [0.29, 0.717) is 40.3 Å². The lowest BCUT2D eigenvalue weighted by Gasteiger charge is -2.17. The van der Waals surface area contributed by atoms with E-state index in [1.165, 1.54) is 6.08 Å². The van der Waals surface area contributed by atoms with Crippen LogP contribution in [-0.2, 0) is 16.1 Å². The predicted octanol–water partition coefficient (Wildman–Crippen LogP) is 5.00. The highest BCUT2D eigenvalue weighted by Gasteiger charge is 2.13.